The molecule has 0 radical (unpaired) electrons. The lowest BCUT2D eigenvalue weighted by Crippen LogP contribution is -2.38. The fourth-order valence-electron chi connectivity index (χ4n) is 6.66. The molecule has 186 valence electrons. The number of nitrogens with zero attached hydrogens (tertiary/aromatic N) is 1. The third-order valence-corrected chi connectivity index (χ3v) is 14.8. The second-order valence-electron chi connectivity index (χ2n) is 10.8. The van der Waals surface area contributed by atoms with Crippen molar-refractivity contribution in [2.45, 2.75) is 88.5 Å². The molecule has 0 heterocycles. The van der Waals surface area contributed by atoms with Gasteiger partial charge in [-0.1, -0.05) is 117 Å². The van der Waals surface area contributed by atoms with E-state index in [1.165, 1.54) is 74.8 Å². The highest BCUT2D eigenvalue weighted by Crippen LogP contribution is 2.60. The van der Waals surface area contributed by atoms with Crippen LogP contribution in [0.15, 0.2) is 84.2 Å². The molecule has 1 unspecified atom stereocenters. The first-order valence-corrected chi connectivity index (χ1v) is 16.8. The summed E-state index contributed by atoms with van der Waals surface area (Å²) in [6.45, 7) is 2.54. The van der Waals surface area contributed by atoms with Crippen molar-refractivity contribution >= 4 is 26.6 Å². The minimum absolute atomic E-state index is 0.0811. The van der Waals surface area contributed by atoms with E-state index in [0.717, 1.165) is 11.3 Å². The van der Waals surface area contributed by atoms with E-state index < -0.39 is 7.92 Å². The van der Waals surface area contributed by atoms with Gasteiger partial charge in [0.05, 0.1) is 0 Å². The maximum atomic E-state index is 2.93. The van der Waals surface area contributed by atoms with Gasteiger partial charge < -0.3 is 0 Å². The normalized spacial score (nSPS) is 22.8. The predicted octanol–water partition coefficient (Wildman–Crippen LogP) is 8.57. The molecule has 2 atom stereocenters. The highest BCUT2D eigenvalue weighted by molar-refractivity contribution is 7.76. The Morgan fingerprint density at radius 3 is 1.69 bits per heavy atom. The summed E-state index contributed by atoms with van der Waals surface area (Å²) in [6, 6.07) is 23.1. The molecule has 0 saturated heterocycles. The van der Waals surface area contributed by atoms with Gasteiger partial charge in [-0.15, -0.1) is 0 Å². The molecule has 0 aromatic heterocycles. The van der Waals surface area contributed by atoms with Crippen LogP contribution in [0.25, 0.3) is 0 Å². The first-order chi connectivity index (χ1) is 17.2. The fraction of sp³-hybridized carbons (Fsp3) is 0.500. The monoisotopic (exact) mass is 503 g/mol. The molecule has 3 aliphatic carbocycles. The second kappa shape index (κ2) is 12.3. The van der Waals surface area contributed by atoms with E-state index in [-0.39, 0.29) is 8.07 Å². The average molecular weight is 504 g/mol. The predicted molar refractivity (Wildman–Crippen MR) is 158 cm³/mol. The summed E-state index contributed by atoms with van der Waals surface area (Å²) in [5, 5.41) is 4.59. The van der Waals surface area contributed by atoms with Crippen LogP contribution in [0.3, 0.4) is 0 Å². The van der Waals surface area contributed by atoms with E-state index in [1.54, 1.807) is 5.31 Å². The van der Waals surface area contributed by atoms with Crippen LogP contribution < -0.4 is 10.6 Å². The van der Waals surface area contributed by atoms with Gasteiger partial charge in [0.1, 0.15) is 0 Å². The molecule has 3 aliphatic rings. The molecule has 0 bridgehead atoms. The molecule has 0 amide bonds. The van der Waals surface area contributed by atoms with Crippen LogP contribution in [0.1, 0.15) is 71.1 Å². The number of hydrogen-bond acceptors (Lipinski definition) is 1. The Balaban J connectivity index is 1.43. The van der Waals surface area contributed by atoms with Gasteiger partial charge in [-0.05, 0) is 82.9 Å². The van der Waals surface area contributed by atoms with Gasteiger partial charge in [-0.3, -0.25) is 4.67 Å². The largest absolute Gasteiger partial charge is 0.281 e. The lowest BCUT2D eigenvalue weighted by Gasteiger charge is -2.47. The molecule has 1 nitrogen and oxygen atoms in total. The van der Waals surface area contributed by atoms with Crippen LogP contribution >= 0.6 is 16.0 Å². The molecule has 0 spiro atoms. The van der Waals surface area contributed by atoms with E-state index in [4.69, 9.17) is 0 Å². The maximum absolute atomic E-state index is 2.93. The van der Waals surface area contributed by atoms with Crippen LogP contribution in [-0.4, -0.2) is 29.1 Å². The topological polar surface area (TPSA) is 3.24 Å². The van der Waals surface area contributed by atoms with E-state index in [9.17, 15) is 0 Å². The summed E-state index contributed by atoms with van der Waals surface area (Å²) in [5.41, 5.74) is 1.91. The zero-order valence-corrected chi connectivity index (χ0v) is 23.5. The highest BCUT2D eigenvalue weighted by atomic mass is 31.1. The lowest BCUT2D eigenvalue weighted by atomic mass is 9.99. The van der Waals surface area contributed by atoms with Gasteiger partial charge in [-0.25, -0.2) is 0 Å². The Bertz CT molecular complexity index is 916. The summed E-state index contributed by atoms with van der Waals surface area (Å²) in [6.07, 6.45) is 22.0. The standard InChI is InChI=1S/C32H43NP2/c1-26(33(2)35(29-20-11-5-12-21-29)30-22-13-6-14-23-30)31-24-15-25-32(31)34(27-16-7-3-8-17-27)28-18-9-4-10-19-28/h3-4,7-10,15-19,24-26,29-31H,5-6,11-14,20-23H2,1-2H3/t26-,31?/m1/s1. The van der Waals surface area contributed by atoms with E-state index in [0.29, 0.717) is 12.0 Å². The summed E-state index contributed by atoms with van der Waals surface area (Å²) < 4.78 is 2.93. The van der Waals surface area contributed by atoms with Crippen LogP contribution in [0.5, 0.6) is 0 Å². The molecule has 35 heavy (non-hydrogen) atoms. The van der Waals surface area contributed by atoms with Crippen LogP contribution in [0.2, 0.25) is 0 Å². The van der Waals surface area contributed by atoms with Crippen molar-refractivity contribution in [2.24, 2.45) is 5.92 Å². The van der Waals surface area contributed by atoms with Crippen molar-refractivity contribution in [3.8, 4) is 0 Å². The smallest absolute Gasteiger partial charge is 0.0207 e. The van der Waals surface area contributed by atoms with Crippen molar-refractivity contribution in [2.75, 3.05) is 7.05 Å². The van der Waals surface area contributed by atoms with Crippen LogP contribution in [-0.2, 0) is 0 Å². The van der Waals surface area contributed by atoms with Crippen molar-refractivity contribution < 1.29 is 0 Å². The summed E-state index contributed by atoms with van der Waals surface area (Å²) in [5.74, 6) is 0.503. The van der Waals surface area contributed by atoms with Gasteiger partial charge in [-0.2, -0.15) is 0 Å². The summed E-state index contributed by atoms with van der Waals surface area (Å²) in [7, 11) is 1.91. The minimum Gasteiger partial charge on any atom is -0.281 e. The molecule has 3 heteroatoms. The average Bonchev–Trinajstić information content (AvgIpc) is 3.40. The number of hydrogen-bond donors (Lipinski definition) is 0. The van der Waals surface area contributed by atoms with Gasteiger partial charge in [0, 0.05) is 12.0 Å². The zero-order valence-electron chi connectivity index (χ0n) is 21.7. The fourth-order valence-corrected chi connectivity index (χ4v) is 13.3. The maximum Gasteiger partial charge on any atom is 0.0207 e. The Morgan fingerprint density at radius 1 is 0.714 bits per heavy atom. The van der Waals surface area contributed by atoms with Crippen molar-refractivity contribution in [1.29, 1.82) is 0 Å². The molecular weight excluding hydrogens is 460 g/mol. The summed E-state index contributed by atoms with van der Waals surface area (Å²) in [4.78, 5) is 0. The summed E-state index contributed by atoms with van der Waals surface area (Å²) >= 11 is 0. The second-order valence-corrected chi connectivity index (χ2v) is 15.9. The molecular formula is C32H43NP2. The molecule has 2 aromatic carbocycles. The van der Waals surface area contributed by atoms with Crippen molar-refractivity contribution in [3.63, 3.8) is 0 Å². The Labute approximate surface area is 216 Å². The van der Waals surface area contributed by atoms with E-state index in [2.05, 4.69) is 97.5 Å². The van der Waals surface area contributed by atoms with Gasteiger partial charge >= 0.3 is 0 Å². The number of benzene rings is 2. The van der Waals surface area contributed by atoms with E-state index in [1.807, 2.05) is 0 Å². The molecule has 0 N–H and O–H groups in total. The van der Waals surface area contributed by atoms with Crippen LogP contribution in [0, 0.1) is 5.92 Å². The lowest BCUT2D eigenvalue weighted by molar-refractivity contribution is 0.355. The quantitative estimate of drug-likeness (QED) is 0.326. The number of rotatable bonds is 8. The molecule has 0 aliphatic heterocycles. The van der Waals surface area contributed by atoms with E-state index >= 15 is 0 Å². The Morgan fingerprint density at radius 2 is 1.20 bits per heavy atom. The van der Waals surface area contributed by atoms with Gasteiger partial charge in [0.25, 0.3) is 0 Å². The van der Waals surface area contributed by atoms with Crippen molar-refractivity contribution in [1.82, 2.24) is 4.67 Å². The molecule has 2 fully saturated rings. The Kier molecular flexibility index (Phi) is 8.94. The zero-order chi connectivity index (χ0) is 24.0. The van der Waals surface area contributed by atoms with Crippen LogP contribution in [0.4, 0.5) is 0 Å². The first kappa shape index (κ1) is 25.4. The molecule has 5 rings (SSSR count). The first-order valence-electron chi connectivity index (χ1n) is 14.0. The Hall–Kier alpha value is -1.26. The number of allylic oxidation sites excluding steroid dienone is 2. The van der Waals surface area contributed by atoms with Gasteiger partial charge in [0.15, 0.2) is 0 Å². The molecule has 2 saturated carbocycles. The molecule has 2 aromatic rings. The van der Waals surface area contributed by atoms with Crippen molar-refractivity contribution in [3.05, 3.63) is 84.2 Å². The SMILES string of the molecule is C[C@H](C1C=CC=C1P(c1ccccc1)c1ccccc1)N(C)P(C1CCCCC1)C1CCCCC1. The third-order valence-electron chi connectivity index (χ3n) is 8.58. The minimum atomic E-state index is -0.518. The highest BCUT2D eigenvalue weighted by Gasteiger charge is 2.39. The van der Waals surface area contributed by atoms with Gasteiger partial charge in [0.2, 0.25) is 0 Å². The third kappa shape index (κ3) is 5.85.